The summed E-state index contributed by atoms with van der Waals surface area (Å²) in [6.45, 7) is 6.71. The number of hydrogen-bond donors (Lipinski definition) is 1. The van der Waals surface area contributed by atoms with E-state index in [1.807, 2.05) is 34.1 Å². The molecule has 1 aliphatic rings. The molecule has 3 rings (SSSR count). The monoisotopic (exact) mass is 454 g/mol. The Labute approximate surface area is 195 Å². The number of carbonyl (C=O) groups is 2. The largest absolute Gasteiger partial charge is 0.494 e. The van der Waals surface area contributed by atoms with Crippen LogP contribution in [0.1, 0.15) is 36.5 Å². The predicted molar refractivity (Wildman–Crippen MR) is 126 cm³/mol. The maximum atomic E-state index is 13.0. The number of aliphatic carboxylic acids is 1. The number of aryl methyl sites for hydroxylation is 1. The van der Waals surface area contributed by atoms with Gasteiger partial charge in [-0.05, 0) is 36.6 Å². The van der Waals surface area contributed by atoms with E-state index in [1.54, 1.807) is 0 Å². The van der Waals surface area contributed by atoms with E-state index >= 15 is 0 Å². The number of carbonyl (C=O) groups excluding carboxylic acids is 1. The van der Waals surface area contributed by atoms with Gasteiger partial charge < -0.3 is 24.4 Å². The van der Waals surface area contributed by atoms with Crippen LogP contribution in [0.15, 0.2) is 48.5 Å². The fraction of sp³-hybridized carbons (Fsp3) is 0.462. The Bertz CT molecular complexity index is 913. The lowest BCUT2D eigenvalue weighted by Gasteiger charge is -2.22. The van der Waals surface area contributed by atoms with Crippen molar-refractivity contribution in [2.24, 2.45) is 0 Å². The summed E-state index contributed by atoms with van der Waals surface area (Å²) < 4.78 is 10.9. The fourth-order valence-electron chi connectivity index (χ4n) is 4.10. The molecular formula is C26H34N2O5. The van der Waals surface area contributed by atoms with Gasteiger partial charge in [-0.1, -0.05) is 48.9 Å². The average Bonchev–Trinajstić information content (AvgIpc) is 3.09. The van der Waals surface area contributed by atoms with Crippen LogP contribution in [0.3, 0.4) is 0 Å². The number of hydrogen-bond acceptors (Lipinski definition) is 4. The van der Waals surface area contributed by atoms with E-state index in [-0.39, 0.29) is 12.1 Å². The first-order valence-corrected chi connectivity index (χ1v) is 11.5. The van der Waals surface area contributed by atoms with Crippen LogP contribution in [0.4, 0.5) is 4.79 Å². The number of nitrogens with zero attached hydrogens (tertiary/aromatic N) is 2. The van der Waals surface area contributed by atoms with Crippen molar-refractivity contribution in [1.29, 1.82) is 0 Å². The van der Waals surface area contributed by atoms with Crippen LogP contribution in [0.25, 0.3) is 0 Å². The zero-order valence-corrected chi connectivity index (χ0v) is 19.7. The lowest BCUT2D eigenvalue weighted by Crippen LogP contribution is -2.36. The molecule has 1 saturated heterocycles. The molecule has 0 aliphatic carbocycles. The van der Waals surface area contributed by atoms with Gasteiger partial charge in [-0.3, -0.25) is 0 Å². The molecule has 2 aromatic rings. The van der Waals surface area contributed by atoms with Crippen molar-refractivity contribution in [3.05, 3.63) is 65.2 Å². The highest BCUT2D eigenvalue weighted by Crippen LogP contribution is 2.22. The third-order valence-electron chi connectivity index (χ3n) is 5.97. The molecule has 33 heavy (non-hydrogen) atoms. The SMILES string of the molecule is CCCN1C(=O)N(Cc2ccc(C)cc2)CC1CCOc1ccc(CC(OC)C(=O)O)cc1. The van der Waals surface area contributed by atoms with Crippen LogP contribution >= 0.6 is 0 Å². The number of carboxylic acid groups (broad SMARTS) is 1. The molecule has 0 saturated carbocycles. The molecule has 0 radical (unpaired) electrons. The van der Waals surface area contributed by atoms with Crippen molar-refractivity contribution in [2.45, 2.75) is 51.8 Å². The summed E-state index contributed by atoms with van der Waals surface area (Å²) in [7, 11) is 1.40. The van der Waals surface area contributed by atoms with Gasteiger partial charge >= 0.3 is 12.0 Å². The van der Waals surface area contributed by atoms with Crippen LogP contribution in [-0.2, 0) is 22.5 Å². The number of urea groups is 1. The standard InChI is InChI=1S/C26H34N2O5/c1-4-14-28-22(18-27(26(28)31)17-21-7-5-19(2)6-8-21)13-15-33-23-11-9-20(10-12-23)16-24(32-3)25(29)30/h5-12,22,24H,4,13-18H2,1-3H3,(H,29,30). The molecule has 178 valence electrons. The summed E-state index contributed by atoms with van der Waals surface area (Å²) in [5.74, 6) is -0.247. The number of methoxy groups -OCH3 is 1. The summed E-state index contributed by atoms with van der Waals surface area (Å²) in [6, 6.07) is 15.9. The number of ether oxygens (including phenoxy) is 2. The summed E-state index contributed by atoms with van der Waals surface area (Å²) in [4.78, 5) is 28.0. The molecule has 0 spiro atoms. The Hall–Kier alpha value is -3.06. The quantitative estimate of drug-likeness (QED) is 0.522. The summed E-state index contributed by atoms with van der Waals surface area (Å²) in [6.07, 6.45) is 1.12. The van der Waals surface area contributed by atoms with Crippen LogP contribution in [0.5, 0.6) is 5.75 Å². The van der Waals surface area contributed by atoms with Crippen molar-refractivity contribution in [3.8, 4) is 5.75 Å². The molecule has 7 nitrogen and oxygen atoms in total. The first-order chi connectivity index (χ1) is 15.9. The highest BCUT2D eigenvalue weighted by Gasteiger charge is 2.36. The smallest absolute Gasteiger partial charge is 0.333 e. The zero-order valence-electron chi connectivity index (χ0n) is 19.7. The molecule has 2 aromatic carbocycles. The molecule has 0 aromatic heterocycles. The third kappa shape index (κ3) is 6.71. The Morgan fingerprint density at radius 3 is 2.39 bits per heavy atom. The topological polar surface area (TPSA) is 79.3 Å². The summed E-state index contributed by atoms with van der Waals surface area (Å²) >= 11 is 0. The molecular weight excluding hydrogens is 420 g/mol. The summed E-state index contributed by atoms with van der Waals surface area (Å²) in [5, 5.41) is 9.12. The normalized spacial score (nSPS) is 16.8. The predicted octanol–water partition coefficient (Wildman–Crippen LogP) is 4.12. The first-order valence-electron chi connectivity index (χ1n) is 11.5. The average molecular weight is 455 g/mol. The van der Waals surface area contributed by atoms with Gasteiger partial charge in [-0.25, -0.2) is 9.59 Å². The Morgan fingerprint density at radius 2 is 1.79 bits per heavy atom. The molecule has 1 aliphatic heterocycles. The molecule has 7 heteroatoms. The second-order valence-electron chi connectivity index (χ2n) is 8.54. The van der Waals surface area contributed by atoms with Gasteiger partial charge in [0, 0.05) is 39.6 Å². The van der Waals surface area contributed by atoms with Gasteiger partial charge in [0.15, 0.2) is 6.10 Å². The van der Waals surface area contributed by atoms with Crippen molar-refractivity contribution in [2.75, 3.05) is 26.8 Å². The molecule has 1 heterocycles. The van der Waals surface area contributed by atoms with Gasteiger partial charge in [0.05, 0.1) is 12.6 Å². The Balaban J connectivity index is 1.53. The van der Waals surface area contributed by atoms with E-state index in [2.05, 4.69) is 38.1 Å². The van der Waals surface area contributed by atoms with Crippen LogP contribution < -0.4 is 4.74 Å². The lowest BCUT2D eigenvalue weighted by molar-refractivity contribution is -0.148. The van der Waals surface area contributed by atoms with E-state index < -0.39 is 12.1 Å². The molecule has 2 atom stereocenters. The molecule has 1 fully saturated rings. The molecule has 0 bridgehead atoms. The second kappa shape index (κ2) is 11.7. The summed E-state index contributed by atoms with van der Waals surface area (Å²) in [5.41, 5.74) is 3.22. The van der Waals surface area contributed by atoms with Crippen LogP contribution in [-0.4, -0.2) is 65.9 Å². The fourth-order valence-corrected chi connectivity index (χ4v) is 4.10. The minimum Gasteiger partial charge on any atom is -0.494 e. The number of carboxylic acids is 1. The van der Waals surface area contributed by atoms with E-state index in [1.165, 1.54) is 12.7 Å². The number of benzene rings is 2. The first kappa shape index (κ1) is 24.6. The van der Waals surface area contributed by atoms with Crippen molar-refractivity contribution in [1.82, 2.24) is 9.80 Å². The van der Waals surface area contributed by atoms with E-state index in [4.69, 9.17) is 14.6 Å². The Kier molecular flexibility index (Phi) is 8.72. The minimum absolute atomic E-state index is 0.0953. The Morgan fingerprint density at radius 1 is 1.12 bits per heavy atom. The van der Waals surface area contributed by atoms with Crippen LogP contribution in [0, 0.1) is 6.92 Å². The molecule has 1 N–H and O–H groups in total. The second-order valence-corrected chi connectivity index (χ2v) is 8.54. The highest BCUT2D eigenvalue weighted by molar-refractivity contribution is 5.77. The van der Waals surface area contributed by atoms with Gasteiger partial charge in [0.2, 0.25) is 0 Å². The van der Waals surface area contributed by atoms with Crippen LogP contribution in [0.2, 0.25) is 0 Å². The zero-order chi connectivity index (χ0) is 23.8. The van der Waals surface area contributed by atoms with E-state index in [0.717, 1.165) is 36.3 Å². The van der Waals surface area contributed by atoms with Crippen molar-refractivity contribution < 1.29 is 24.2 Å². The maximum Gasteiger partial charge on any atom is 0.333 e. The van der Waals surface area contributed by atoms with Gasteiger partial charge in [0.25, 0.3) is 0 Å². The third-order valence-corrected chi connectivity index (χ3v) is 5.97. The molecule has 2 unspecified atom stereocenters. The van der Waals surface area contributed by atoms with Gasteiger partial charge in [-0.2, -0.15) is 0 Å². The maximum absolute atomic E-state index is 13.0. The van der Waals surface area contributed by atoms with Gasteiger partial charge in [0.1, 0.15) is 5.75 Å². The van der Waals surface area contributed by atoms with Gasteiger partial charge in [-0.15, -0.1) is 0 Å². The highest BCUT2D eigenvalue weighted by atomic mass is 16.5. The molecule has 2 amide bonds. The lowest BCUT2D eigenvalue weighted by atomic mass is 10.1. The van der Waals surface area contributed by atoms with Crippen molar-refractivity contribution >= 4 is 12.0 Å². The number of amides is 2. The number of rotatable bonds is 12. The van der Waals surface area contributed by atoms with E-state index in [9.17, 15) is 9.59 Å². The minimum atomic E-state index is -0.975. The van der Waals surface area contributed by atoms with E-state index in [0.29, 0.717) is 26.1 Å². The van der Waals surface area contributed by atoms with Crippen molar-refractivity contribution in [3.63, 3.8) is 0 Å².